The SMILES string of the molecule is Cc1ccc(Cl)cc1N(CC(=O)N(Cc1ccccc1F)[C@H](Cc1ccccc1)C(=O)NC1CCCCC1)S(C)(=O)=O. The van der Waals surface area contributed by atoms with Crippen molar-refractivity contribution in [1.82, 2.24) is 10.2 Å². The third kappa shape index (κ3) is 8.32. The van der Waals surface area contributed by atoms with Gasteiger partial charge in [-0.25, -0.2) is 12.8 Å². The van der Waals surface area contributed by atoms with Gasteiger partial charge in [-0.15, -0.1) is 0 Å². The molecule has 1 fully saturated rings. The Balaban J connectivity index is 1.75. The number of hydrogen-bond acceptors (Lipinski definition) is 4. The van der Waals surface area contributed by atoms with Gasteiger partial charge in [-0.1, -0.05) is 85.5 Å². The van der Waals surface area contributed by atoms with E-state index in [1.807, 2.05) is 30.3 Å². The van der Waals surface area contributed by atoms with Crippen LogP contribution in [0.4, 0.5) is 10.1 Å². The van der Waals surface area contributed by atoms with Crippen molar-refractivity contribution in [2.45, 2.75) is 64.1 Å². The number of nitrogens with one attached hydrogen (secondary N) is 1. The number of aryl methyl sites for hydroxylation is 1. The zero-order chi connectivity index (χ0) is 30.3. The van der Waals surface area contributed by atoms with Crippen LogP contribution < -0.4 is 9.62 Å². The number of benzene rings is 3. The number of hydrogen-bond donors (Lipinski definition) is 1. The topological polar surface area (TPSA) is 86.8 Å². The highest BCUT2D eigenvalue weighted by Gasteiger charge is 2.34. The van der Waals surface area contributed by atoms with Crippen LogP contribution in [0, 0.1) is 12.7 Å². The van der Waals surface area contributed by atoms with Gasteiger partial charge in [0.2, 0.25) is 21.8 Å². The molecule has 3 aromatic rings. The summed E-state index contributed by atoms with van der Waals surface area (Å²) >= 11 is 6.20. The van der Waals surface area contributed by atoms with E-state index in [1.54, 1.807) is 37.3 Å². The highest BCUT2D eigenvalue weighted by Crippen LogP contribution is 2.27. The molecule has 1 aliphatic carbocycles. The van der Waals surface area contributed by atoms with E-state index < -0.39 is 34.3 Å². The maximum atomic E-state index is 14.9. The maximum Gasteiger partial charge on any atom is 0.244 e. The van der Waals surface area contributed by atoms with Crippen molar-refractivity contribution in [2.75, 3.05) is 17.1 Å². The molecule has 4 rings (SSSR count). The van der Waals surface area contributed by atoms with Gasteiger partial charge in [-0.3, -0.25) is 13.9 Å². The first kappa shape index (κ1) is 31.5. The van der Waals surface area contributed by atoms with Gasteiger partial charge in [-0.05, 0) is 49.1 Å². The van der Waals surface area contributed by atoms with Crippen LogP contribution in [-0.4, -0.2) is 50.0 Å². The monoisotopic (exact) mass is 613 g/mol. The first-order valence-electron chi connectivity index (χ1n) is 14.1. The Morgan fingerprint density at radius 2 is 1.67 bits per heavy atom. The van der Waals surface area contributed by atoms with E-state index in [4.69, 9.17) is 11.6 Å². The summed E-state index contributed by atoms with van der Waals surface area (Å²) in [7, 11) is -3.94. The van der Waals surface area contributed by atoms with E-state index >= 15 is 0 Å². The van der Waals surface area contributed by atoms with E-state index in [9.17, 15) is 22.4 Å². The van der Waals surface area contributed by atoms with E-state index in [1.165, 1.54) is 17.0 Å². The number of halogens is 2. The first-order chi connectivity index (χ1) is 20.0. The fourth-order valence-corrected chi connectivity index (χ4v) is 6.42. The normalized spacial score (nSPS) is 14.7. The number of carbonyl (C=O) groups excluding carboxylic acids is 2. The largest absolute Gasteiger partial charge is 0.352 e. The highest BCUT2D eigenvalue weighted by atomic mass is 35.5. The molecule has 1 N–H and O–H groups in total. The molecule has 42 heavy (non-hydrogen) atoms. The molecule has 0 radical (unpaired) electrons. The van der Waals surface area contributed by atoms with Crippen LogP contribution in [0.1, 0.15) is 48.8 Å². The number of anilines is 1. The van der Waals surface area contributed by atoms with Gasteiger partial charge >= 0.3 is 0 Å². The zero-order valence-electron chi connectivity index (χ0n) is 23.9. The van der Waals surface area contributed by atoms with E-state index in [0.717, 1.165) is 48.2 Å². The van der Waals surface area contributed by atoms with Crippen molar-refractivity contribution in [3.63, 3.8) is 0 Å². The van der Waals surface area contributed by atoms with Crippen molar-refractivity contribution >= 4 is 39.1 Å². The molecule has 0 heterocycles. The van der Waals surface area contributed by atoms with Crippen LogP contribution >= 0.6 is 11.6 Å². The summed E-state index contributed by atoms with van der Waals surface area (Å²) < 4.78 is 41.9. The molecule has 0 bridgehead atoms. The number of sulfonamides is 1. The van der Waals surface area contributed by atoms with Crippen LogP contribution in [0.25, 0.3) is 0 Å². The van der Waals surface area contributed by atoms with Gasteiger partial charge in [0.15, 0.2) is 0 Å². The third-order valence-corrected chi connectivity index (χ3v) is 9.00. The predicted molar refractivity (Wildman–Crippen MR) is 164 cm³/mol. The third-order valence-electron chi connectivity index (χ3n) is 7.64. The number of nitrogens with zero attached hydrogens (tertiary/aromatic N) is 2. The number of rotatable bonds is 11. The Labute approximate surface area is 252 Å². The predicted octanol–water partition coefficient (Wildman–Crippen LogP) is 5.64. The second-order valence-electron chi connectivity index (χ2n) is 10.9. The Morgan fingerprint density at radius 1 is 1.00 bits per heavy atom. The molecule has 10 heteroatoms. The molecule has 7 nitrogen and oxygen atoms in total. The van der Waals surface area contributed by atoms with Gasteiger partial charge < -0.3 is 10.2 Å². The summed E-state index contributed by atoms with van der Waals surface area (Å²) in [4.78, 5) is 29.4. The standard InChI is InChI=1S/C32H37ClFN3O4S/c1-23-17-18-26(33)20-29(23)37(42(2,40)41)22-31(38)36(21-25-13-9-10-16-28(25)34)30(19-24-11-5-3-6-12-24)32(39)35-27-14-7-4-8-15-27/h3,5-6,9-13,16-18,20,27,30H,4,7-8,14-15,19,21-22H2,1-2H3,(H,35,39)/t30-/m1/s1. The van der Waals surface area contributed by atoms with Gasteiger partial charge in [0.1, 0.15) is 18.4 Å². The Morgan fingerprint density at radius 3 is 2.33 bits per heavy atom. The van der Waals surface area contributed by atoms with Gasteiger partial charge in [0.25, 0.3) is 0 Å². The second-order valence-corrected chi connectivity index (χ2v) is 13.2. The number of carbonyl (C=O) groups is 2. The van der Waals surface area contributed by atoms with Crippen LogP contribution in [0.5, 0.6) is 0 Å². The van der Waals surface area contributed by atoms with Crippen molar-refractivity contribution in [1.29, 1.82) is 0 Å². The van der Waals surface area contributed by atoms with Crippen molar-refractivity contribution in [2.24, 2.45) is 0 Å². The summed E-state index contributed by atoms with van der Waals surface area (Å²) in [5.41, 5.74) is 1.90. The fraction of sp³-hybridized carbons (Fsp3) is 0.375. The molecule has 1 aliphatic rings. The molecule has 1 atom stereocenters. The van der Waals surface area contributed by atoms with Crippen molar-refractivity contribution in [3.8, 4) is 0 Å². The molecule has 0 unspecified atom stereocenters. The Kier molecular flexibility index (Phi) is 10.6. The van der Waals surface area contributed by atoms with Crippen molar-refractivity contribution < 1.29 is 22.4 Å². The average molecular weight is 614 g/mol. The minimum absolute atomic E-state index is 0.0171. The molecule has 0 spiro atoms. The van der Waals surface area contributed by atoms with E-state index in [0.29, 0.717) is 10.6 Å². The fourth-order valence-electron chi connectivity index (χ4n) is 5.35. The molecule has 0 aliphatic heterocycles. The summed E-state index contributed by atoms with van der Waals surface area (Å²) in [6.07, 6.45) is 6.01. The van der Waals surface area contributed by atoms with Crippen LogP contribution in [0.15, 0.2) is 72.8 Å². The zero-order valence-corrected chi connectivity index (χ0v) is 25.5. The molecule has 1 saturated carbocycles. The molecular weight excluding hydrogens is 577 g/mol. The average Bonchev–Trinajstić information content (AvgIpc) is 2.96. The number of amides is 2. The van der Waals surface area contributed by atoms with Crippen molar-refractivity contribution in [3.05, 3.63) is 100 Å². The lowest BCUT2D eigenvalue weighted by atomic mass is 9.94. The molecular formula is C32H37ClFN3O4S. The molecule has 0 aromatic heterocycles. The maximum absolute atomic E-state index is 14.9. The molecule has 2 amide bonds. The Bertz CT molecular complexity index is 1500. The summed E-state index contributed by atoms with van der Waals surface area (Å²) in [5.74, 6) is -1.50. The van der Waals surface area contributed by atoms with Crippen LogP contribution in [0.3, 0.4) is 0 Å². The smallest absolute Gasteiger partial charge is 0.244 e. The van der Waals surface area contributed by atoms with Crippen LogP contribution in [0.2, 0.25) is 5.02 Å². The molecule has 3 aromatic carbocycles. The quantitative estimate of drug-likeness (QED) is 0.303. The lowest BCUT2D eigenvalue weighted by molar-refractivity contribution is -0.140. The minimum atomic E-state index is -3.94. The second kappa shape index (κ2) is 14.2. The summed E-state index contributed by atoms with van der Waals surface area (Å²) in [6, 6.07) is 19.1. The lowest BCUT2D eigenvalue weighted by Crippen LogP contribution is -2.55. The minimum Gasteiger partial charge on any atom is -0.352 e. The van der Waals surface area contributed by atoms with E-state index in [2.05, 4.69) is 5.32 Å². The molecule has 0 saturated heterocycles. The summed E-state index contributed by atoms with van der Waals surface area (Å²) in [5, 5.41) is 3.44. The van der Waals surface area contributed by atoms with Gasteiger partial charge in [0, 0.05) is 29.6 Å². The van der Waals surface area contributed by atoms with Crippen LogP contribution in [-0.2, 0) is 32.6 Å². The van der Waals surface area contributed by atoms with E-state index in [-0.39, 0.29) is 36.2 Å². The van der Waals surface area contributed by atoms with Gasteiger partial charge in [0.05, 0.1) is 11.9 Å². The first-order valence-corrected chi connectivity index (χ1v) is 16.4. The van der Waals surface area contributed by atoms with Gasteiger partial charge in [-0.2, -0.15) is 0 Å². The summed E-state index contributed by atoms with van der Waals surface area (Å²) in [6.45, 7) is 0.922. The highest BCUT2D eigenvalue weighted by molar-refractivity contribution is 7.92. The Hall–Kier alpha value is -3.43. The molecule has 224 valence electrons. The lowest BCUT2D eigenvalue weighted by Gasteiger charge is -2.35.